The second kappa shape index (κ2) is 8.41. The van der Waals surface area contributed by atoms with Gasteiger partial charge in [-0.2, -0.15) is 0 Å². The summed E-state index contributed by atoms with van der Waals surface area (Å²) in [4.78, 5) is 14.3. The highest BCUT2D eigenvalue weighted by molar-refractivity contribution is 6.06. The lowest BCUT2D eigenvalue weighted by Crippen LogP contribution is -2.15. The van der Waals surface area contributed by atoms with E-state index in [4.69, 9.17) is 4.74 Å². The first-order chi connectivity index (χ1) is 11.5. The minimum absolute atomic E-state index is 0.149. The van der Waals surface area contributed by atoms with E-state index < -0.39 is 5.82 Å². The van der Waals surface area contributed by atoms with Gasteiger partial charge in [0.05, 0.1) is 7.11 Å². The molecular formula is C20H22FNO2. The summed E-state index contributed by atoms with van der Waals surface area (Å²) in [5.74, 6) is -0.119. The van der Waals surface area contributed by atoms with Crippen molar-refractivity contribution in [2.45, 2.75) is 6.42 Å². The highest BCUT2D eigenvalue weighted by atomic mass is 19.1. The van der Waals surface area contributed by atoms with Crippen molar-refractivity contribution in [1.82, 2.24) is 4.90 Å². The van der Waals surface area contributed by atoms with Crippen molar-refractivity contribution in [2.75, 3.05) is 27.7 Å². The highest BCUT2D eigenvalue weighted by Crippen LogP contribution is 2.17. The standard InChI is InChI=1S/C20H22FNO2/c1-22(2)13-12-15-4-6-17(7-5-15)20(23)11-9-16-8-10-18(24-3)14-19(16)21/h4-11,14H,12-13H2,1-3H3/b11-9+. The lowest BCUT2D eigenvalue weighted by atomic mass is 10.0. The number of likely N-dealkylation sites (N-methyl/N-ethyl adjacent to an activating group) is 1. The smallest absolute Gasteiger partial charge is 0.185 e. The molecule has 0 radical (unpaired) electrons. The molecule has 0 saturated heterocycles. The summed E-state index contributed by atoms with van der Waals surface area (Å²) in [5, 5.41) is 0. The van der Waals surface area contributed by atoms with Crippen LogP contribution in [0.15, 0.2) is 48.5 Å². The van der Waals surface area contributed by atoms with Crippen LogP contribution < -0.4 is 4.74 Å². The van der Waals surface area contributed by atoms with Crippen molar-refractivity contribution in [3.8, 4) is 5.75 Å². The van der Waals surface area contributed by atoms with Crippen LogP contribution in [0, 0.1) is 5.82 Å². The summed E-state index contributed by atoms with van der Waals surface area (Å²) in [5.41, 5.74) is 2.13. The van der Waals surface area contributed by atoms with Crippen LogP contribution in [-0.4, -0.2) is 38.4 Å². The summed E-state index contributed by atoms with van der Waals surface area (Å²) >= 11 is 0. The van der Waals surface area contributed by atoms with E-state index in [0.717, 1.165) is 13.0 Å². The normalized spacial score (nSPS) is 11.2. The van der Waals surface area contributed by atoms with E-state index in [0.29, 0.717) is 16.9 Å². The Hall–Kier alpha value is -2.46. The molecule has 2 aromatic carbocycles. The number of rotatable bonds is 7. The number of carbonyl (C=O) groups is 1. The van der Waals surface area contributed by atoms with Crippen LogP contribution in [0.2, 0.25) is 0 Å². The fourth-order valence-electron chi connectivity index (χ4n) is 2.22. The van der Waals surface area contributed by atoms with Gasteiger partial charge in [-0.15, -0.1) is 0 Å². The average molecular weight is 327 g/mol. The molecule has 0 aliphatic rings. The van der Waals surface area contributed by atoms with Gasteiger partial charge < -0.3 is 9.64 Å². The quantitative estimate of drug-likeness (QED) is 0.572. The SMILES string of the molecule is COc1ccc(/C=C/C(=O)c2ccc(CCN(C)C)cc2)c(F)c1. The second-order valence-corrected chi connectivity index (χ2v) is 5.84. The summed E-state index contributed by atoms with van der Waals surface area (Å²) in [6.45, 7) is 0.962. The number of allylic oxidation sites excluding steroid dienone is 1. The maximum absolute atomic E-state index is 13.8. The maximum atomic E-state index is 13.8. The number of methoxy groups -OCH3 is 1. The van der Waals surface area contributed by atoms with E-state index in [1.165, 1.54) is 30.9 Å². The Morgan fingerprint density at radius 2 is 1.88 bits per heavy atom. The first-order valence-electron chi connectivity index (χ1n) is 7.79. The summed E-state index contributed by atoms with van der Waals surface area (Å²) < 4.78 is 18.8. The molecule has 0 aromatic heterocycles. The van der Waals surface area contributed by atoms with Gasteiger partial charge in [0.15, 0.2) is 5.78 Å². The molecule has 0 amide bonds. The monoisotopic (exact) mass is 327 g/mol. The number of benzene rings is 2. The molecular weight excluding hydrogens is 305 g/mol. The van der Waals surface area contributed by atoms with Crippen LogP contribution >= 0.6 is 0 Å². The van der Waals surface area contributed by atoms with Gasteiger partial charge >= 0.3 is 0 Å². The number of ether oxygens (including phenoxy) is 1. The number of carbonyl (C=O) groups excluding carboxylic acids is 1. The molecule has 2 rings (SSSR count). The molecule has 0 fully saturated rings. The molecule has 0 unspecified atom stereocenters. The number of hydrogen-bond donors (Lipinski definition) is 0. The van der Waals surface area contributed by atoms with Crippen LogP contribution in [0.3, 0.4) is 0 Å². The van der Waals surface area contributed by atoms with E-state index in [2.05, 4.69) is 4.90 Å². The molecule has 0 atom stereocenters. The third-order valence-corrected chi connectivity index (χ3v) is 3.71. The highest BCUT2D eigenvalue weighted by Gasteiger charge is 2.05. The van der Waals surface area contributed by atoms with Crippen LogP contribution in [0.25, 0.3) is 6.08 Å². The van der Waals surface area contributed by atoms with Crippen molar-refractivity contribution < 1.29 is 13.9 Å². The van der Waals surface area contributed by atoms with Crippen molar-refractivity contribution in [1.29, 1.82) is 0 Å². The second-order valence-electron chi connectivity index (χ2n) is 5.84. The Morgan fingerprint density at radius 3 is 2.46 bits per heavy atom. The topological polar surface area (TPSA) is 29.5 Å². The molecule has 4 heteroatoms. The zero-order valence-electron chi connectivity index (χ0n) is 14.3. The third-order valence-electron chi connectivity index (χ3n) is 3.71. The van der Waals surface area contributed by atoms with Gasteiger partial charge in [0.1, 0.15) is 11.6 Å². The summed E-state index contributed by atoms with van der Waals surface area (Å²) in [6, 6.07) is 12.1. The van der Waals surface area contributed by atoms with Gasteiger partial charge in [-0.25, -0.2) is 4.39 Å². The maximum Gasteiger partial charge on any atom is 0.185 e. The van der Waals surface area contributed by atoms with Gasteiger partial charge in [-0.1, -0.05) is 24.3 Å². The molecule has 2 aromatic rings. The first kappa shape index (κ1) is 17.9. The van der Waals surface area contributed by atoms with Crippen LogP contribution in [0.5, 0.6) is 5.75 Å². The predicted molar refractivity (Wildman–Crippen MR) is 95.0 cm³/mol. The van der Waals surface area contributed by atoms with Crippen molar-refractivity contribution in [3.05, 3.63) is 71.0 Å². The number of halogens is 1. The molecule has 24 heavy (non-hydrogen) atoms. The first-order valence-corrected chi connectivity index (χ1v) is 7.79. The molecule has 0 aliphatic carbocycles. The molecule has 0 saturated carbocycles. The minimum Gasteiger partial charge on any atom is -0.497 e. The Kier molecular flexibility index (Phi) is 6.27. The zero-order valence-corrected chi connectivity index (χ0v) is 14.3. The summed E-state index contributed by atoms with van der Waals surface area (Å²) in [6.07, 6.45) is 3.81. The van der Waals surface area contributed by atoms with E-state index in [1.54, 1.807) is 12.1 Å². The van der Waals surface area contributed by atoms with Gasteiger partial charge in [0, 0.05) is 23.7 Å². The van der Waals surface area contributed by atoms with Gasteiger partial charge in [-0.3, -0.25) is 4.79 Å². The molecule has 0 bridgehead atoms. The molecule has 0 N–H and O–H groups in total. The lowest BCUT2D eigenvalue weighted by molar-refractivity contribution is 0.104. The fourth-order valence-corrected chi connectivity index (χ4v) is 2.22. The van der Waals surface area contributed by atoms with Crippen LogP contribution in [0.4, 0.5) is 4.39 Å². The molecule has 3 nitrogen and oxygen atoms in total. The average Bonchev–Trinajstić information content (AvgIpc) is 2.59. The fraction of sp³-hybridized carbons (Fsp3) is 0.250. The van der Waals surface area contributed by atoms with E-state index in [9.17, 15) is 9.18 Å². The number of hydrogen-bond acceptors (Lipinski definition) is 3. The third kappa shape index (κ3) is 5.03. The van der Waals surface area contributed by atoms with E-state index in [-0.39, 0.29) is 5.78 Å². The lowest BCUT2D eigenvalue weighted by Gasteiger charge is -2.09. The Labute approximate surface area is 142 Å². The van der Waals surface area contributed by atoms with Gasteiger partial charge in [0.25, 0.3) is 0 Å². The minimum atomic E-state index is -0.419. The Morgan fingerprint density at radius 1 is 1.17 bits per heavy atom. The molecule has 126 valence electrons. The molecule has 0 heterocycles. The molecule has 0 aliphatic heterocycles. The van der Waals surface area contributed by atoms with E-state index >= 15 is 0 Å². The summed E-state index contributed by atoms with van der Waals surface area (Å²) in [7, 11) is 5.54. The van der Waals surface area contributed by atoms with Gasteiger partial charge in [0.2, 0.25) is 0 Å². The predicted octanol–water partition coefficient (Wildman–Crippen LogP) is 3.83. The van der Waals surface area contributed by atoms with Crippen molar-refractivity contribution in [2.24, 2.45) is 0 Å². The number of nitrogens with zero attached hydrogens (tertiary/aromatic N) is 1. The Bertz CT molecular complexity index is 721. The zero-order chi connectivity index (χ0) is 17.5. The van der Waals surface area contributed by atoms with E-state index in [1.807, 2.05) is 38.4 Å². The van der Waals surface area contributed by atoms with Crippen LogP contribution in [-0.2, 0) is 6.42 Å². The Balaban J connectivity index is 2.04. The van der Waals surface area contributed by atoms with Crippen molar-refractivity contribution >= 4 is 11.9 Å². The largest absolute Gasteiger partial charge is 0.497 e. The van der Waals surface area contributed by atoms with Crippen LogP contribution in [0.1, 0.15) is 21.5 Å². The molecule has 0 spiro atoms. The number of ketones is 1. The van der Waals surface area contributed by atoms with Crippen molar-refractivity contribution in [3.63, 3.8) is 0 Å². The van der Waals surface area contributed by atoms with Gasteiger partial charge in [-0.05, 0) is 50.4 Å².